The first kappa shape index (κ1) is 14.5. The molecule has 0 saturated heterocycles. The van der Waals surface area contributed by atoms with Gasteiger partial charge in [0.1, 0.15) is 0 Å². The van der Waals surface area contributed by atoms with Crippen LogP contribution in [0.5, 0.6) is 0 Å². The molecule has 1 N–H and O–H groups in total. The van der Waals surface area contributed by atoms with Crippen LogP contribution in [-0.4, -0.2) is 25.0 Å². The van der Waals surface area contributed by atoms with Crippen molar-refractivity contribution in [1.82, 2.24) is 10.3 Å². The molecule has 0 atom stereocenters. The average Bonchev–Trinajstić information content (AvgIpc) is 2.74. The maximum Gasteiger partial charge on any atom is 0.251 e. The Morgan fingerprint density at radius 3 is 2.40 bits per heavy atom. The lowest BCUT2D eigenvalue weighted by molar-refractivity contribution is 0.0951. The van der Waals surface area contributed by atoms with Crippen molar-refractivity contribution < 1.29 is 4.79 Å². The summed E-state index contributed by atoms with van der Waals surface area (Å²) in [4.78, 5) is 19.5. The number of aryl methyl sites for hydroxylation is 2. The first-order chi connectivity index (χ1) is 9.47. The summed E-state index contributed by atoms with van der Waals surface area (Å²) in [5, 5.41) is 3.97. The minimum atomic E-state index is -0.0549. The summed E-state index contributed by atoms with van der Waals surface area (Å²) < 4.78 is 0. The predicted octanol–water partition coefficient (Wildman–Crippen LogP) is 2.76. The zero-order valence-electron chi connectivity index (χ0n) is 12.2. The summed E-state index contributed by atoms with van der Waals surface area (Å²) in [6, 6.07) is 7.57. The van der Waals surface area contributed by atoms with Gasteiger partial charge in [0.25, 0.3) is 5.91 Å². The van der Waals surface area contributed by atoms with E-state index in [1.54, 1.807) is 11.3 Å². The molecule has 2 aromatic rings. The van der Waals surface area contributed by atoms with E-state index in [2.05, 4.69) is 10.3 Å². The molecule has 0 spiro atoms. The molecule has 1 aromatic carbocycles. The van der Waals surface area contributed by atoms with Gasteiger partial charge in [-0.1, -0.05) is 0 Å². The third kappa shape index (κ3) is 3.36. The van der Waals surface area contributed by atoms with Crippen molar-refractivity contribution in [1.29, 1.82) is 0 Å². The highest BCUT2D eigenvalue weighted by Crippen LogP contribution is 2.17. The molecule has 0 fully saturated rings. The minimum Gasteiger partial charge on any atom is -0.378 e. The van der Waals surface area contributed by atoms with Gasteiger partial charge in [-0.05, 0) is 38.1 Å². The summed E-state index contributed by atoms with van der Waals surface area (Å²) in [6.45, 7) is 4.48. The van der Waals surface area contributed by atoms with Gasteiger partial charge in [-0.3, -0.25) is 4.79 Å². The van der Waals surface area contributed by atoms with Gasteiger partial charge in [-0.2, -0.15) is 0 Å². The Balaban J connectivity index is 1.99. The molecule has 20 heavy (non-hydrogen) atoms. The molecule has 1 heterocycles. The minimum absolute atomic E-state index is 0.0549. The Morgan fingerprint density at radius 2 is 1.90 bits per heavy atom. The molecule has 106 valence electrons. The SMILES string of the molecule is Cc1nc(C)c(CNC(=O)c2ccc(N(C)C)cc2)s1. The van der Waals surface area contributed by atoms with Crippen LogP contribution < -0.4 is 10.2 Å². The quantitative estimate of drug-likeness (QED) is 0.941. The highest BCUT2D eigenvalue weighted by molar-refractivity contribution is 7.11. The number of thiazole rings is 1. The van der Waals surface area contributed by atoms with Crippen LogP contribution in [0.15, 0.2) is 24.3 Å². The van der Waals surface area contributed by atoms with Gasteiger partial charge in [0.15, 0.2) is 0 Å². The number of nitrogens with zero attached hydrogens (tertiary/aromatic N) is 2. The van der Waals surface area contributed by atoms with Crippen LogP contribution in [0.3, 0.4) is 0 Å². The highest BCUT2D eigenvalue weighted by atomic mass is 32.1. The second-order valence-corrected chi connectivity index (χ2v) is 6.15. The van der Waals surface area contributed by atoms with Gasteiger partial charge in [-0.15, -0.1) is 11.3 Å². The summed E-state index contributed by atoms with van der Waals surface area (Å²) in [5.41, 5.74) is 2.75. The molecule has 4 nitrogen and oxygen atoms in total. The predicted molar refractivity (Wildman–Crippen MR) is 83.5 cm³/mol. The van der Waals surface area contributed by atoms with E-state index in [4.69, 9.17) is 0 Å². The third-order valence-corrected chi connectivity index (χ3v) is 4.13. The molecule has 0 radical (unpaired) electrons. The Kier molecular flexibility index (Phi) is 4.39. The van der Waals surface area contributed by atoms with E-state index in [0.29, 0.717) is 12.1 Å². The van der Waals surface area contributed by atoms with Crippen molar-refractivity contribution in [2.75, 3.05) is 19.0 Å². The molecule has 0 unspecified atom stereocenters. The summed E-state index contributed by atoms with van der Waals surface area (Å²) in [7, 11) is 3.95. The molecule has 0 aliphatic carbocycles. The number of amides is 1. The number of rotatable bonds is 4. The average molecular weight is 289 g/mol. The number of nitrogens with one attached hydrogen (secondary N) is 1. The fourth-order valence-corrected chi connectivity index (χ4v) is 2.79. The Bertz CT molecular complexity index is 602. The molecule has 0 aliphatic rings. The standard InChI is InChI=1S/C15H19N3OS/c1-10-14(20-11(2)17-10)9-16-15(19)12-5-7-13(8-6-12)18(3)4/h5-8H,9H2,1-4H3,(H,16,19). The van der Waals surface area contributed by atoms with Crippen LogP contribution in [0.2, 0.25) is 0 Å². The van der Waals surface area contributed by atoms with Gasteiger partial charge in [0.2, 0.25) is 0 Å². The lowest BCUT2D eigenvalue weighted by Crippen LogP contribution is -2.22. The van der Waals surface area contributed by atoms with Crippen LogP contribution in [0.25, 0.3) is 0 Å². The molecule has 2 rings (SSSR count). The normalized spacial score (nSPS) is 10.4. The van der Waals surface area contributed by atoms with E-state index in [1.165, 1.54) is 0 Å². The zero-order valence-corrected chi connectivity index (χ0v) is 13.0. The van der Waals surface area contributed by atoms with Crippen molar-refractivity contribution in [3.8, 4) is 0 Å². The van der Waals surface area contributed by atoms with Crippen LogP contribution in [0.4, 0.5) is 5.69 Å². The molecule has 0 bridgehead atoms. The molecule has 1 amide bonds. The van der Waals surface area contributed by atoms with E-state index in [0.717, 1.165) is 21.3 Å². The van der Waals surface area contributed by atoms with Crippen LogP contribution in [0.1, 0.15) is 25.9 Å². The van der Waals surface area contributed by atoms with Crippen molar-refractivity contribution in [3.63, 3.8) is 0 Å². The number of carbonyl (C=O) groups excluding carboxylic acids is 1. The Hall–Kier alpha value is -1.88. The largest absolute Gasteiger partial charge is 0.378 e. The van der Waals surface area contributed by atoms with Crippen LogP contribution >= 0.6 is 11.3 Å². The maximum absolute atomic E-state index is 12.1. The third-order valence-electron chi connectivity index (χ3n) is 3.05. The zero-order chi connectivity index (χ0) is 14.7. The van der Waals surface area contributed by atoms with E-state index in [-0.39, 0.29) is 5.91 Å². The number of benzene rings is 1. The first-order valence-corrected chi connectivity index (χ1v) is 7.27. The van der Waals surface area contributed by atoms with Crippen LogP contribution in [-0.2, 0) is 6.54 Å². The Labute approximate surface area is 123 Å². The topological polar surface area (TPSA) is 45.2 Å². The summed E-state index contributed by atoms with van der Waals surface area (Å²) >= 11 is 1.63. The smallest absolute Gasteiger partial charge is 0.251 e. The number of anilines is 1. The van der Waals surface area contributed by atoms with Crippen molar-refractivity contribution >= 4 is 22.9 Å². The van der Waals surface area contributed by atoms with E-state index in [1.807, 2.05) is 57.1 Å². The first-order valence-electron chi connectivity index (χ1n) is 6.46. The van der Waals surface area contributed by atoms with Gasteiger partial charge in [0.05, 0.1) is 17.2 Å². The molecular formula is C15H19N3OS. The lowest BCUT2D eigenvalue weighted by atomic mass is 10.2. The molecule has 0 aliphatic heterocycles. The number of carbonyl (C=O) groups is 1. The Morgan fingerprint density at radius 1 is 1.25 bits per heavy atom. The van der Waals surface area contributed by atoms with Gasteiger partial charge >= 0.3 is 0 Å². The fourth-order valence-electron chi connectivity index (χ4n) is 1.91. The van der Waals surface area contributed by atoms with Crippen molar-refractivity contribution in [3.05, 3.63) is 45.4 Å². The van der Waals surface area contributed by atoms with Crippen molar-refractivity contribution in [2.24, 2.45) is 0 Å². The lowest BCUT2D eigenvalue weighted by Gasteiger charge is -2.12. The monoisotopic (exact) mass is 289 g/mol. The number of hydrogen-bond acceptors (Lipinski definition) is 4. The van der Waals surface area contributed by atoms with E-state index < -0.39 is 0 Å². The summed E-state index contributed by atoms with van der Waals surface area (Å²) in [6.07, 6.45) is 0. The number of aromatic nitrogens is 1. The fraction of sp³-hybridized carbons (Fsp3) is 0.333. The molecule has 1 aromatic heterocycles. The van der Waals surface area contributed by atoms with E-state index in [9.17, 15) is 4.79 Å². The second-order valence-electron chi connectivity index (χ2n) is 4.87. The van der Waals surface area contributed by atoms with Gasteiger partial charge in [0, 0.05) is 30.2 Å². The molecule has 0 saturated carbocycles. The van der Waals surface area contributed by atoms with Gasteiger partial charge < -0.3 is 10.2 Å². The number of hydrogen-bond donors (Lipinski definition) is 1. The molecule has 5 heteroatoms. The van der Waals surface area contributed by atoms with E-state index >= 15 is 0 Å². The maximum atomic E-state index is 12.1. The second kappa shape index (κ2) is 6.05. The van der Waals surface area contributed by atoms with Gasteiger partial charge in [-0.25, -0.2) is 4.98 Å². The van der Waals surface area contributed by atoms with Crippen LogP contribution in [0, 0.1) is 13.8 Å². The summed E-state index contributed by atoms with van der Waals surface area (Å²) in [5.74, 6) is -0.0549. The van der Waals surface area contributed by atoms with Crippen molar-refractivity contribution in [2.45, 2.75) is 20.4 Å². The molecular weight excluding hydrogens is 270 g/mol. The highest BCUT2D eigenvalue weighted by Gasteiger charge is 2.09.